The van der Waals surface area contributed by atoms with Crippen LogP contribution in [0.25, 0.3) is 11.1 Å². The summed E-state index contributed by atoms with van der Waals surface area (Å²) >= 11 is 0. The van der Waals surface area contributed by atoms with Gasteiger partial charge in [0.25, 0.3) is 0 Å². The Hall–Kier alpha value is -2.33. The molecule has 0 spiro atoms. The Balaban J connectivity index is 1.56. The highest BCUT2D eigenvalue weighted by Gasteiger charge is 2.02. The smallest absolute Gasteiger partial charge is 0.408 e. The average Bonchev–Trinajstić information content (AvgIpc) is 2.84. The normalized spacial score (nSPS) is 11.0. The summed E-state index contributed by atoms with van der Waals surface area (Å²) in [4.78, 5) is 13.7. The molecule has 0 bridgehead atoms. The van der Waals surface area contributed by atoms with Crippen LogP contribution in [-0.2, 0) is 13.0 Å². The molecule has 0 unspecified atom stereocenters. The highest BCUT2D eigenvalue weighted by Crippen LogP contribution is 2.12. The van der Waals surface area contributed by atoms with Crippen LogP contribution >= 0.6 is 0 Å². The molecular weight excluding hydrogens is 252 g/mol. The van der Waals surface area contributed by atoms with E-state index in [0.717, 1.165) is 30.6 Å². The van der Waals surface area contributed by atoms with Crippen molar-refractivity contribution in [1.29, 1.82) is 0 Å². The lowest BCUT2D eigenvalue weighted by Crippen LogP contribution is -2.16. The van der Waals surface area contributed by atoms with E-state index in [1.165, 1.54) is 5.56 Å². The van der Waals surface area contributed by atoms with Crippen molar-refractivity contribution in [2.45, 2.75) is 13.0 Å². The molecule has 0 aliphatic rings. The van der Waals surface area contributed by atoms with E-state index in [-0.39, 0.29) is 0 Å². The summed E-state index contributed by atoms with van der Waals surface area (Å²) < 4.78 is 5.05. The van der Waals surface area contributed by atoms with Gasteiger partial charge in [-0.3, -0.25) is 4.98 Å². The summed E-state index contributed by atoms with van der Waals surface area (Å²) in [7, 11) is 0. The average molecular weight is 268 g/mol. The molecule has 0 saturated heterocycles. The van der Waals surface area contributed by atoms with Gasteiger partial charge in [-0.15, -0.1) is 0 Å². The van der Waals surface area contributed by atoms with Gasteiger partial charge in [-0.25, -0.2) is 4.79 Å². The number of H-pyrrole nitrogens is 1. The standard InChI is InChI=1S/C16H16N2O2/c19-16-18-14-7-6-12(10-15(14)20-16)8-9-17-11-13-4-2-1-3-5-13/h1-7,10,17H,8-9,11H2,(H,18,19). The summed E-state index contributed by atoms with van der Waals surface area (Å²) in [6.07, 6.45) is 0.900. The predicted octanol–water partition coefficient (Wildman–Crippen LogP) is 2.45. The van der Waals surface area contributed by atoms with Crippen molar-refractivity contribution >= 4 is 11.1 Å². The number of aromatic nitrogens is 1. The highest BCUT2D eigenvalue weighted by atomic mass is 16.4. The zero-order valence-electron chi connectivity index (χ0n) is 11.1. The van der Waals surface area contributed by atoms with Gasteiger partial charge in [0, 0.05) is 6.54 Å². The summed E-state index contributed by atoms with van der Waals surface area (Å²) in [6, 6.07) is 16.1. The molecule has 2 N–H and O–H groups in total. The molecule has 3 rings (SSSR count). The van der Waals surface area contributed by atoms with Gasteiger partial charge in [0.15, 0.2) is 5.58 Å². The summed E-state index contributed by atoms with van der Waals surface area (Å²) in [5.74, 6) is -0.403. The Morgan fingerprint density at radius 3 is 2.75 bits per heavy atom. The van der Waals surface area contributed by atoms with Gasteiger partial charge in [0.2, 0.25) is 0 Å². The van der Waals surface area contributed by atoms with E-state index < -0.39 is 5.76 Å². The highest BCUT2D eigenvalue weighted by molar-refractivity contribution is 5.72. The topological polar surface area (TPSA) is 58.0 Å². The van der Waals surface area contributed by atoms with Gasteiger partial charge < -0.3 is 9.73 Å². The number of rotatable bonds is 5. The number of fused-ring (bicyclic) bond motifs is 1. The first-order valence-corrected chi connectivity index (χ1v) is 6.68. The van der Waals surface area contributed by atoms with Crippen LogP contribution in [-0.4, -0.2) is 11.5 Å². The lowest BCUT2D eigenvalue weighted by atomic mass is 10.1. The van der Waals surface area contributed by atoms with E-state index in [0.29, 0.717) is 5.58 Å². The molecule has 20 heavy (non-hydrogen) atoms. The SMILES string of the molecule is O=c1[nH]c2ccc(CCNCc3ccccc3)cc2o1. The van der Waals surface area contributed by atoms with Crippen LogP contribution in [0.5, 0.6) is 0 Å². The lowest BCUT2D eigenvalue weighted by molar-refractivity contribution is 0.555. The first-order chi connectivity index (χ1) is 9.81. The molecule has 3 aromatic rings. The molecule has 4 nitrogen and oxygen atoms in total. The van der Waals surface area contributed by atoms with E-state index >= 15 is 0 Å². The van der Waals surface area contributed by atoms with Gasteiger partial charge in [0.1, 0.15) is 0 Å². The second-order valence-corrected chi connectivity index (χ2v) is 4.76. The molecule has 0 saturated carbocycles. The Morgan fingerprint density at radius 2 is 1.90 bits per heavy atom. The van der Waals surface area contributed by atoms with Crippen molar-refractivity contribution in [3.63, 3.8) is 0 Å². The van der Waals surface area contributed by atoms with Crippen LogP contribution in [0.1, 0.15) is 11.1 Å². The van der Waals surface area contributed by atoms with E-state index in [1.807, 2.05) is 36.4 Å². The van der Waals surface area contributed by atoms with E-state index in [4.69, 9.17) is 4.42 Å². The summed E-state index contributed by atoms with van der Waals surface area (Å²) in [5, 5.41) is 3.40. The summed E-state index contributed by atoms with van der Waals surface area (Å²) in [5.41, 5.74) is 3.80. The predicted molar refractivity (Wildman–Crippen MR) is 78.7 cm³/mol. The lowest BCUT2D eigenvalue weighted by Gasteiger charge is -2.05. The molecular formula is C16H16N2O2. The first-order valence-electron chi connectivity index (χ1n) is 6.68. The largest absolute Gasteiger partial charge is 0.417 e. The van der Waals surface area contributed by atoms with Gasteiger partial charge in [0.05, 0.1) is 5.52 Å². The molecule has 0 aliphatic carbocycles. The van der Waals surface area contributed by atoms with Crippen LogP contribution in [0, 0.1) is 0 Å². The zero-order chi connectivity index (χ0) is 13.8. The summed E-state index contributed by atoms with van der Waals surface area (Å²) in [6.45, 7) is 1.75. The first kappa shape index (κ1) is 12.7. The molecule has 0 fully saturated rings. The number of hydrogen-bond donors (Lipinski definition) is 2. The fourth-order valence-corrected chi connectivity index (χ4v) is 2.21. The molecule has 0 aliphatic heterocycles. The maximum absolute atomic E-state index is 11.1. The maximum atomic E-state index is 11.1. The minimum Gasteiger partial charge on any atom is -0.408 e. The van der Waals surface area contributed by atoms with Crippen molar-refractivity contribution < 1.29 is 4.42 Å². The Labute approximate surface area is 116 Å². The van der Waals surface area contributed by atoms with Gasteiger partial charge >= 0.3 is 5.76 Å². The second-order valence-electron chi connectivity index (χ2n) is 4.76. The van der Waals surface area contributed by atoms with Crippen LogP contribution in [0.15, 0.2) is 57.7 Å². The molecule has 0 atom stereocenters. The molecule has 0 radical (unpaired) electrons. The third-order valence-electron chi connectivity index (χ3n) is 3.25. The maximum Gasteiger partial charge on any atom is 0.417 e. The second kappa shape index (κ2) is 5.75. The Morgan fingerprint density at radius 1 is 1.05 bits per heavy atom. The quantitative estimate of drug-likeness (QED) is 0.699. The molecule has 102 valence electrons. The van der Waals surface area contributed by atoms with Crippen LogP contribution in [0.2, 0.25) is 0 Å². The number of hydrogen-bond acceptors (Lipinski definition) is 3. The third kappa shape index (κ3) is 2.97. The number of benzene rings is 2. The fourth-order valence-electron chi connectivity index (χ4n) is 2.21. The zero-order valence-corrected chi connectivity index (χ0v) is 11.1. The molecule has 0 amide bonds. The van der Waals surface area contributed by atoms with E-state index in [9.17, 15) is 4.79 Å². The van der Waals surface area contributed by atoms with Gasteiger partial charge in [-0.1, -0.05) is 36.4 Å². The van der Waals surface area contributed by atoms with Gasteiger partial charge in [-0.2, -0.15) is 0 Å². The van der Waals surface area contributed by atoms with Crippen LogP contribution in [0.3, 0.4) is 0 Å². The van der Waals surface area contributed by atoms with Crippen molar-refractivity contribution in [1.82, 2.24) is 10.3 Å². The number of aromatic amines is 1. The van der Waals surface area contributed by atoms with Crippen molar-refractivity contribution in [2.75, 3.05) is 6.54 Å². The number of nitrogens with one attached hydrogen (secondary N) is 2. The molecule has 1 heterocycles. The van der Waals surface area contributed by atoms with E-state index in [1.54, 1.807) is 0 Å². The minimum atomic E-state index is -0.403. The third-order valence-corrected chi connectivity index (χ3v) is 3.25. The van der Waals surface area contributed by atoms with Crippen molar-refractivity contribution in [3.05, 3.63) is 70.2 Å². The molecule has 4 heteroatoms. The Kier molecular flexibility index (Phi) is 3.65. The fraction of sp³-hybridized carbons (Fsp3) is 0.188. The monoisotopic (exact) mass is 268 g/mol. The molecule has 2 aromatic carbocycles. The van der Waals surface area contributed by atoms with E-state index in [2.05, 4.69) is 22.4 Å². The van der Waals surface area contributed by atoms with Crippen LogP contribution in [0.4, 0.5) is 0 Å². The van der Waals surface area contributed by atoms with Crippen LogP contribution < -0.4 is 11.1 Å². The number of oxazole rings is 1. The van der Waals surface area contributed by atoms with Crippen molar-refractivity contribution in [2.24, 2.45) is 0 Å². The Bertz CT molecular complexity index is 744. The van der Waals surface area contributed by atoms with Crippen molar-refractivity contribution in [3.8, 4) is 0 Å². The molecule has 1 aromatic heterocycles. The van der Waals surface area contributed by atoms with Gasteiger partial charge in [-0.05, 0) is 36.2 Å². The minimum absolute atomic E-state index is 0.403.